The molecule has 1 unspecified atom stereocenters. The number of carbonyl (C=O) groups is 1. The van der Waals surface area contributed by atoms with Crippen LogP contribution in [-0.4, -0.2) is 42.0 Å². The highest BCUT2D eigenvalue weighted by Gasteiger charge is 2.32. The van der Waals surface area contributed by atoms with E-state index >= 15 is 0 Å². The van der Waals surface area contributed by atoms with Crippen molar-refractivity contribution in [3.63, 3.8) is 0 Å². The predicted molar refractivity (Wildman–Crippen MR) is 129 cm³/mol. The van der Waals surface area contributed by atoms with Gasteiger partial charge < -0.3 is 14.8 Å². The zero-order valence-electron chi connectivity index (χ0n) is 18.4. The lowest BCUT2D eigenvalue weighted by Gasteiger charge is -2.37. The SMILES string of the molecule is O=C(CC(c1ccsc1)c1c[nH]c2ccccc12)N1CCN(c2cccc(C(F)(F)F)c2)CC1. The Balaban J connectivity index is 1.29. The standard InChI is InChI=1S/C26H24F3N3OS/c27-26(28,29)19-4-3-5-20(14-19)31-9-11-32(12-10-31)25(33)15-22(18-8-13-34-17-18)23-16-30-24-7-2-1-6-21(23)24/h1-8,13-14,16-17,22,30H,9-12,15H2. The molecule has 1 aliphatic heterocycles. The highest BCUT2D eigenvalue weighted by Crippen LogP contribution is 2.35. The van der Waals surface area contributed by atoms with Crippen LogP contribution in [0.1, 0.15) is 29.0 Å². The van der Waals surface area contributed by atoms with E-state index in [4.69, 9.17) is 0 Å². The van der Waals surface area contributed by atoms with Crippen molar-refractivity contribution in [3.8, 4) is 0 Å². The Bertz CT molecular complexity index is 1270. The second kappa shape index (κ2) is 9.18. The normalized spacial score (nSPS) is 15.6. The van der Waals surface area contributed by atoms with Crippen LogP contribution >= 0.6 is 11.3 Å². The minimum Gasteiger partial charge on any atom is -0.368 e. The van der Waals surface area contributed by atoms with Crippen LogP contribution < -0.4 is 4.90 Å². The first kappa shape index (κ1) is 22.5. The van der Waals surface area contributed by atoms with Crippen molar-refractivity contribution in [2.75, 3.05) is 31.1 Å². The zero-order valence-corrected chi connectivity index (χ0v) is 19.2. The summed E-state index contributed by atoms with van der Waals surface area (Å²) in [5, 5.41) is 5.22. The van der Waals surface area contributed by atoms with Gasteiger partial charge in [-0.2, -0.15) is 24.5 Å². The number of anilines is 1. The monoisotopic (exact) mass is 483 g/mol. The summed E-state index contributed by atoms with van der Waals surface area (Å²) >= 11 is 1.61. The number of aromatic amines is 1. The Labute approximate surface area is 199 Å². The van der Waals surface area contributed by atoms with Crippen LogP contribution in [0.15, 0.2) is 71.6 Å². The van der Waals surface area contributed by atoms with E-state index in [0.29, 0.717) is 38.3 Å². The number of halogens is 3. The summed E-state index contributed by atoms with van der Waals surface area (Å²) in [7, 11) is 0. The summed E-state index contributed by atoms with van der Waals surface area (Å²) in [6, 6.07) is 15.5. The maximum atomic E-state index is 13.3. The van der Waals surface area contributed by atoms with Crippen molar-refractivity contribution in [2.24, 2.45) is 0 Å². The van der Waals surface area contributed by atoms with Gasteiger partial charge in [-0.3, -0.25) is 4.79 Å². The van der Waals surface area contributed by atoms with Gasteiger partial charge in [-0.05, 0) is 52.2 Å². The number of nitrogens with zero attached hydrogens (tertiary/aromatic N) is 2. The van der Waals surface area contributed by atoms with E-state index in [2.05, 4.69) is 22.5 Å². The number of alkyl halides is 3. The first-order valence-electron chi connectivity index (χ1n) is 11.2. The molecule has 3 heterocycles. The lowest BCUT2D eigenvalue weighted by Crippen LogP contribution is -2.49. The van der Waals surface area contributed by atoms with Crippen LogP contribution in [0, 0.1) is 0 Å². The van der Waals surface area contributed by atoms with E-state index < -0.39 is 11.7 Å². The number of fused-ring (bicyclic) bond motifs is 1. The van der Waals surface area contributed by atoms with Gasteiger partial charge in [-0.1, -0.05) is 24.3 Å². The third-order valence-electron chi connectivity index (χ3n) is 6.49. The first-order valence-corrected chi connectivity index (χ1v) is 12.1. The molecule has 0 spiro atoms. The topological polar surface area (TPSA) is 39.3 Å². The molecular weight excluding hydrogens is 459 g/mol. The number of thiophene rings is 1. The van der Waals surface area contributed by atoms with Crippen molar-refractivity contribution in [1.82, 2.24) is 9.88 Å². The fourth-order valence-corrected chi connectivity index (χ4v) is 5.37. The molecular formula is C26H24F3N3OS. The van der Waals surface area contributed by atoms with Gasteiger partial charge in [0.25, 0.3) is 0 Å². The number of hydrogen-bond donors (Lipinski definition) is 1. The minimum absolute atomic E-state index is 0.0589. The number of H-pyrrole nitrogens is 1. The van der Waals surface area contributed by atoms with E-state index in [1.54, 1.807) is 17.4 Å². The minimum atomic E-state index is -4.37. The summed E-state index contributed by atoms with van der Waals surface area (Å²) < 4.78 is 39.2. The average molecular weight is 484 g/mol. The Morgan fingerprint density at radius 3 is 2.56 bits per heavy atom. The van der Waals surface area contributed by atoms with E-state index in [1.807, 2.05) is 39.6 Å². The molecule has 0 aliphatic carbocycles. The maximum absolute atomic E-state index is 13.3. The number of aromatic nitrogens is 1. The Morgan fingerprint density at radius 2 is 1.82 bits per heavy atom. The third kappa shape index (κ3) is 4.55. The molecule has 8 heteroatoms. The van der Waals surface area contributed by atoms with Crippen LogP contribution in [0.25, 0.3) is 10.9 Å². The average Bonchev–Trinajstić information content (AvgIpc) is 3.53. The van der Waals surface area contributed by atoms with Crippen LogP contribution in [-0.2, 0) is 11.0 Å². The predicted octanol–water partition coefficient (Wildman–Crippen LogP) is 6.12. The van der Waals surface area contributed by atoms with Gasteiger partial charge in [0.15, 0.2) is 0 Å². The molecule has 0 radical (unpaired) electrons. The van der Waals surface area contributed by atoms with Gasteiger partial charge in [0.05, 0.1) is 5.56 Å². The lowest BCUT2D eigenvalue weighted by molar-refractivity contribution is -0.137. The molecule has 1 saturated heterocycles. The van der Waals surface area contributed by atoms with E-state index in [1.165, 1.54) is 12.1 Å². The first-order chi connectivity index (χ1) is 16.4. The van der Waals surface area contributed by atoms with E-state index in [9.17, 15) is 18.0 Å². The number of nitrogens with one attached hydrogen (secondary N) is 1. The van der Waals surface area contributed by atoms with Crippen molar-refractivity contribution in [3.05, 3.63) is 88.2 Å². The van der Waals surface area contributed by atoms with Crippen molar-refractivity contribution < 1.29 is 18.0 Å². The molecule has 1 amide bonds. The van der Waals surface area contributed by atoms with Crippen LogP contribution in [0.4, 0.5) is 18.9 Å². The van der Waals surface area contributed by atoms with Gasteiger partial charge in [-0.25, -0.2) is 0 Å². The Hall–Kier alpha value is -3.26. The number of rotatable bonds is 5. The molecule has 4 nitrogen and oxygen atoms in total. The van der Waals surface area contributed by atoms with Crippen molar-refractivity contribution in [2.45, 2.75) is 18.5 Å². The second-order valence-corrected chi connectivity index (χ2v) is 9.30. The number of piperazine rings is 1. The number of hydrogen-bond acceptors (Lipinski definition) is 3. The van der Waals surface area contributed by atoms with E-state index in [-0.39, 0.29) is 11.8 Å². The van der Waals surface area contributed by atoms with Crippen LogP contribution in [0.2, 0.25) is 0 Å². The quantitative estimate of drug-likeness (QED) is 0.372. The van der Waals surface area contributed by atoms with Gasteiger partial charge in [0.2, 0.25) is 5.91 Å². The van der Waals surface area contributed by atoms with Crippen molar-refractivity contribution >= 4 is 33.8 Å². The molecule has 5 rings (SSSR count). The second-order valence-electron chi connectivity index (χ2n) is 8.52. The molecule has 176 valence electrons. The third-order valence-corrected chi connectivity index (χ3v) is 7.19. The zero-order chi connectivity index (χ0) is 23.7. The molecule has 2 aromatic carbocycles. The van der Waals surface area contributed by atoms with Crippen LogP contribution in [0.3, 0.4) is 0 Å². The smallest absolute Gasteiger partial charge is 0.368 e. The molecule has 0 bridgehead atoms. The van der Waals surface area contributed by atoms with Gasteiger partial charge in [-0.15, -0.1) is 0 Å². The lowest BCUT2D eigenvalue weighted by atomic mass is 9.89. The summed E-state index contributed by atoms with van der Waals surface area (Å²) in [6.07, 6.45) is -2.03. The van der Waals surface area contributed by atoms with Crippen molar-refractivity contribution in [1.29, 1.82) is 0 Å². The molecule has 34 heavy (non-hydrogen) atoms. The number of para-hydroxylation sites is 1. The molecule has 0 saturated carbocycles. The maximum Gasteiger partial charge on any atom is 0.416 e. The Kier molecular flexibility index (Phi) is 6.08. The summed E-state index contributed by atoms with van der Waals surface area (Å²) in [5.74, 6) is 0.00145. The largest absolute Gasteiger partial charge is 0.416 e. The fraction of sp³-hybridized carbons (Fsp3) is 0.269. The van der Waals surface area contributed by atoms with Gasteiger partial charge in [0, 0.05) is 61.3 Å². The molecule has 1 atom stereocenters. The molecule has 2 aromatic heterocycles. The van der Waals surface area contributed by atoms with Gasteiger partial charge >= 0.3 is 6.18 Å². The molecule has 1 N–H and O–H groups in total. The highest BCUT2D eigenvalue weighted by atomic mass is 32.1. The van der Waals surface area contributed by atoms with Crippen LogP contribution in [0.5, 0.6) is 0 Å². The number of carbonyl (C=O) groups excluding carboxylic acids is 1. The fourth-order valence-electron chi connectivity index (χ4n) is 4.66. The summed E-state index contributed by atoms with van der Waals surface area (Å²) in [6.45, 7) is 1.98. The Morgan fingerprint density at radius 1 is 1.03 bits per heavy atom. The number of benzene rings is 2. The molecule has 1 aliphatic rings. The molecule has 1 fully saturated rings. The summed E-state index contributed by atoms with van der Waals surface area (Å²) in [4.78, 5) is 20.4. The highest BCUT2D eigenvalue weighted by molar-refractivity contribution is 7.08. The van der Waals surface area contributed by atoms with Gasteiger partial charge in [0.1, 0.15) is 0 Å². The number of amides is 1. The molecule has 4 aromatic rings. The summed E-state index contributed by atoms with van der Waals surface area (Å²) in [5.41, 5.74) is 3.15. The van der Waals surface area contributed by atoms with E-state index in [0.717, 1.165) is 28.1 Å².